The van der Waals surface area contributed by atoms with Crippen molar-refractivity contribution in [2.75, 3.05) is 46.0 Å². The Hall–Kier alpha value is -3.54. The molecule has 4 aromatic rings. The van der Waals surface area contributed by atoms with Crippen LogP contribution >= 0.6 is 35.3 Å². The predicted molar refractivity (Wildman–Crippen MR) is 186 cm³/mol. The number of thiocarbonyl (C=S) groups is 1. The van der Waals surface area contributed by atoms with Crippen LogP contribution in [0.1, 0.15) is 22.4 Å². The smallest absolute Gasteiger partial charge is 0.303 e. The first-order valence-corrected chi connectivity index (χ1v) is 17.1. The van der Waals surface area contributed by atoms with Crippen molar-refractivity contribution in [1.82, 2.24) is 9.80 Å². The minimum Gasteiger partial charge on any atom is -0.492 e. The number of thioether (sulfide) groups is 1. The normalized spacial score (nSPS) is 16.6. The van der Waals surface area contributed by atoms with E-state index in [-0.39, 0.29) is 12.3 Å². The van der Waals surface area contributed by atoms with Crippen molar-refractivity contribution < 1.29 is 24.2 Å². The summed E-state index contributed by atoms with van der Waals surface area (Å²) < 4.78 is 12.4. The lowest BCUT2D eigenvalue weighted by Gasteiger charge is -2.26. The number of fused-ring (bicyclic) bond motifs is 1. The minimum atomic E-state index is -0.803. The fourth-order valence-corrected chi connectivity index (χ4v) is 7.69. The number of carbonyl (C=O) groups is 2. The van der Waals surface area contributed by atoms with Crippen LogP contribution in [-0.4, -0.2) is 77.1 Å². The molecule has 2 fully saturated rings. The molecule has 2 saturated heterocycles. The van der Waals surface area contributed by atoms with Crippen LogP contribution in [0.15, 0.2) is 77.0 Å². The zero-order valence-corrected chi connectivity index (χ0v) is 27.2. The van der Waals surface area contributed by atoms with Crippen LogP contribution in [0, 0.1) is 0 Å². The predicted octanol–water partition coefficient (Wildman–Crippen LogP) is 6.74. The summed E-state index contributed by atoms with van der Waals surface area (Å²) in [7, 11) is 0. The molecule has 2 aliphatic rings. The number of rotatable bonds is 12. The van der Waals surface area contributed by atoms with Crippen molar-refractivity contribution in [2.45, 2.75) is 19.3 Å². The number of carboxylic acid groups (broad SMARTS) is 1. The SMILES string of the molecule is O=C(O)CCc1csc(CCN2C(=O)C(=Cc3ccc(OCCN4CCOCC4)c(-c4ccc5ccccc5c4)c3)SC2=S)c1. The molecule has 2 aliphatic heterocycles. The quantitative estimate of drug-likeness (QED) is 0.133. The molecule has 1 aromatic heterocycles. The molecule has 10 heteroatoms. The van der Waals surface area contributed by atoms with Crippen molar-refractivity contribution in [1.29, 1.82) is 0 Å². The Morgan fingerprint density at radius 2 is 1.82 bits per heavy atom. The zero-order valence-electron chi connectivity index (χ0n) is 24.8. The van der Waals surface area contributed by atoms with Gasteiger partial charge in [0.05, 0.1) is 18.1 Å². The first-order valence-electron chi connectivity index (χ1n) is 15.0. The number of amides is 1. The molecule has 1 amide bonds. The van der Waals surface area contributed by atoms with Crippen LogP contribution in [0.5, 0.6) is 5.75 Å². The molecule has 0 atom stereocenters. The van der Waals surface area contributed by atoms with Gasteiger partial charge in [0.15, 0.2) is 0 Å². The number of carboxylic acids is 1. The minimum absolute atomic E-state index is 0.0919. The van der Waals surface area contributed by atoms with Gasteiger partial charge in [-0.05, 0) is 76.0 Å². The van der Waals surface area contributed by atoms with Crippen LogP contribution < -0.4 is 4.74 Å². The molecule has 3 heterocycles. The number of thiophene rings is 1. The number of benzene rings is 3. The van der Waals surface area contributed by atoms with E-state index in [9.17, 15) is 9.59 Å². The van der Waals surface area contributed by atoms with Crippen LogP contribution in [0.25, 0.3) is 28.0 Å². The number of ether oxygens (including phenoxy) is 2. The fourth-order valence-electron chi connectivity index (χ4n) is 5.46. The van der Waals surface area contributed by atoms with E-state index >= 15 is 0 Å². The molecular formula is C35H34N2O5S3. The first kappa shape index (κ1) is 31.4. The maximum Gasteiger partial charge on any atom is 0.303 e. The number of hydrogen-bond acceptors (Lipinski definition) is 8. The lowest BCUT2D eigenvalue weighted by Crippen LogP contribution is -2.38. The summed E-state index contributed by atoms with van der Waals surface area (Å²) in [6.45, 7) is 5.24. The molecule has 1 N–H and O–H groups in total. The molecule has 232 valence electrons. The lowest BCUT2D eigenvalue weighted by atomic mass is 9.98. The van der Waals surface area contributed by atoms with E-state index in [1.165, 1.54) is 17.1 Å². The third-order valence-corrected chi connectivity index (χ3v) is 10.3. The maximum absolute atomic E-state index is 13.4. The number of nitrogens with zero attached hydrogens (tertiary/aromatic N) is 2. The highest BCUT2D eigenvalue weighted by molar-refractivity contribution is 8.26. The van der Waals surface area contributed by atoms with Gasteiger partial charge in [0.25, 0.3) is 5.91 Å². The third kappa shape index (κ3) is 8.01. The molecule has 0 unspecified atom stereocenters. The van der Waals surface area contributed by atoms with Gasteiger partial charge in [-0.1, -0.05) is 66.4 Å². The molecule has 0 spiro atoms. The van der Waals surface area contributed by atoms with Crippen molar-refractivity contribution >= 4 is 68.4 Å². The molecule has 0 saturated carbocycles. The van der Waals surface area contributed by atoms with Gasteiger partial charge in [-0.3, -0.25) is 19.4 Å². The van der Waals surface area contributed by atoms with Gasteiger partial charge < -0.3 is 14.6 Å². The number of morpholine rings is 1. The summed E-state index contributed by atoms with van der Waals surface area (Å²) in [4.78, 5) is 30.0. The van der Waals surface area contributed by atoms with Crippen LogP contribution in [0.3, 0.4) is 0 Å². The van der Waals surface area contributed by atoms with E-state index in [0.717, 1.165) is 71.1 Å². The third-order valence-electron chi connectivity index (χ3n) is 7.92. The Balaban J connectivity index is 1.19. The van der Waals surface area contributed by atoms with Gasteiger partial charge in [0.2, 0.25) is 0 Å². The Morgan fingerprint density at radius 3 is 2.64 bits per heavy atom. The Labute approximate surface area is 276 Å². The molecule has 7 nitrogen and oxygen atoms in total. The highest BCUT2D eigenvalue weighted by Crippen LogP contribution is 2.37. The first-order chi connectivity index (χ1) is 21.9. The van der Waals surface area contributed by atoms with E-state index in [0.29, 0.717) is 35.2 Å². The maximum atomic E-state index is 13.4. The largest absolute Gasteiger partial charge is 0.492 e. The van der Waals surface area contributed by atoms with E-state index in [4.69, 9.17) is 26.8 Å². The number of hydrogen-bond donors (Lipinski definition) is 1. The molecule has 0 radical (unpaired) electrons. The summed E-state index contributed by atoms with van der Waals surface area (Å²) in [6, 6.07) is 22.8. The van der Waals surface area contributed by atoms with Gasteiger partial charge in [0, 0.05) is 43.0 Å². The second kappa shape index (κ2) is 14.7. The van der Waals surface area contributed by atoms with Crippen molar-refractivity contribution in [3.63, 3.8) is 0 Å². The summed E-state index contributed by atoms with van der Waals surface area (Å²) in [5.74, 6) is -0.0879. The zero-order chi connectivity index (χ0) is 31.2. The van der Waals surface area contributed by atoms with Gasteiger partial charge >= 0.3 is 5.97 Å². The van der Waals surface area contributed by atoms with Gasteiger partial charge in [-0.2, -0.15) is 0 Å². The monoisotopic (exact) mass is 658 g/mol. The molecule has 0 bridgehead atoms. The fraction of sp³-hybridized carbons (Fsp3) is 0.286. The molecule has 45 heavy (non-hydrogen) atoms. The number of carbonyl (C=O) groups excluding carboxylic acids is 1. The standard InChI is InChI=1S/C35H34N2O5S3/c38-33(39)10-6-25-19-29(44-23-25)11-12-37-34(40)32(45-35(37)43)21-24-5-9-31(42-18-15-36-13-16-41-17-14-36)30(20-24)28-8-7-26-3-1-2-4-27(26)22-28/h1-5,7-9,19-23H,6,10-18H2,(H,38,39). The number of aliphatic carboxylic acids is 1. The molecule has 0 aliphatic carbocycles. The highest BCUT2D eigenvalue weighted by Gasteiger charge is 2.31. The topological polar surface area (TPSA) is 79.3 Å². The van der Waals surface area contributed by atoms with E-state index < -0.39 is 5.97 Å². The van der Waals surface area contributed by atoms with E-state index in [1.54, 1.807) is 16.2 Å². The van der Waals surface area contributed by atoms with Crippen molar-refractivity contribution in [2.24, 2.45) is 0 Å². The Morgan fingerprint density at radius 1 is 1.00 bits per heavy atom. The van der Waals surface area contributed by atoms with Crippen LogP contribution in [0.2, 0.25) is 0 Å². The molecule has 3 aromatic carbocycles. The van der Waals surface area contributed by atoms with E-state index in [2.05, 4.69) is 41.3 Å². The highest BCUT2D eigenvalue weighted by atomic mass is 32.2. The van der Waals surface area contributed by atoms with Crippen LogP contribution in [-0.2, 0) is 27.2 Å². The number of aryl methyl sites for hydroxylation is 1. The second-order valence-corrected chi connectivity index (χ2v) is 13.7. The molecule has 6 rings (SSSR count). The van der Waals surface area contributed by atoms with E-state index in [1.807, 2.05) is 41.8 Å². The Kier molecular flexibility index (Phi) is 10.3. The summed E-state index contributed by atoms with van der Waals surface area (Å²) in [5.41, 5.74) is 3.94. The lowest BCUT2D eigenvalue weighted by molar-refractivity contribution is -0.137. The van der Waals surface area contributed by atoms with Gasteiger partial charge in [-0.25, -0.2) is 0 Å². The summed E-state index contributed by atoms with van der Waals surface area (Å²) in [5, 5.41) is 13.3. The molecular weight excluding hydrogens is 625 g/mol. The average Bonchev–Trinajstić information content (AvgIpc) is 3.62. The van der Waals surface area contributed by atoms with Gasteiger partial charge in [0.1, 0.15) is 16.7 Å². The van der Waals surface area contributed by atoms with Crippen molar-refractivity contribution in [3.8, 4) is 16.9 Å². The van der Waals surface area contributed by atoms with Gasteiger partial charge in [-0.15, -0.1) is 11.3 Å². The average molecular weight is 659 g/mol. The second-order valence-electron chi connectivity index (χ2n) is 11.0. The van der Waals surface area contributed by atoms with Crippen molar-refractivity contribution in [3.05, 3.63) is 93.0 Å². The van der Waals surface area contributed by atoms with Crippen LogP contribution in [0.4, 0.5) is 0 Å². The summed E-state index contributed by atoms with van der Waals surface area (Å²) >= 11 is 8.52. The Bertz CT molecular complexity index is 1740. The summed E-state index contributed by atoms with van der Waals surface area (Å²) in [6.07, 6.45) is 3.20.